The minimum absolute atomic E-state index is 0.0489. The minimum atomic E-state index is -0.687. The van der Waals surface area contributed by atoms with Gasteiger partial charge in [-0.1, -0.05) is 0 Å². The maximum Gasteiger partial charge on any atom is 0.253 e. The Morgan fingerprint density at radius 2 is 2.16 bits per heavy atom. The van der Waals surface area contributed by atoms with Crippen LogP contribution in [0.25, 0.3) is 0 Å². The van der Waals surface area contributed by atoms with Crippen molar-refractivity contribution >= 4 is 17.3 Å². The van der Waals surface area contributed by atoms with Gasteiger partial charge in [-0.05, 0) is 31.5 Å². The summed E-state index contributed by atoms with van der Waals surface area (Å²) in [6.07, 6.45) is 0.707. The first-order chi connectivity index (χ1) is 8.80. The van der Waals surface area contributed by atoms with Crippen molar-refractivity contribution in [3.05, 3.63) is 23.8 Å². The van der Waals surface area contributed by atoms with Crippen LogP contribution in [0, 0.1) is 0 Å². The number of aliphatic hydroxyl groups is 1. The van der Waals surface area contributed by atoms with E-state index < -0.39 is 5.60 Å². The van der Waals surface area contributed by atoms with Crippen molar-refractivity contribution in [2.45, 2.75) is 18.9 Å². The number of anilines is 2. The second kappa shape index (κ2) is 4.74. The quantitative estimate of drug-likeness (QED) is 0.779. The lowest BCUT2D eigenvalue weighted by Gasteiger charge is -2.23. The highest BCUT2D eigenvalue weighted by Crippen LogP contribution is 2.31. The lowest BCUT2D eigenvalue weighted by atomic mass is 10.1. The molecule has 0 bridgehead atoms. The summed E-state index contributed by atoms with van der Waals surface area (Å²) >= 11 is 0. The number of carbonyl (C=O) groups excluding carboxylic acids is 1. The molecule has 0 saturated carbocycles. The van der Waals surface area contributed by atoms with Gasteiger partial charge in [-0.3, -0.25) is 4.79 Å². The zero-order valence-electron chi connectivity index (χ0n) is 11.7. The van der Waals surface area contributed by atoms with Crippen LogP contribution < -0.4 is 10.6 Å². The predicted octanol–water partition coefficient (Wildman–Crippen LogP) is 0.932. The Balaban J connectivity index is 2.31. The highest BCUT2D eigenvalue weighted by atomic mass is 16.3. The van der Waals surface area contributed by atoms with Crippen molar-refractivity contribution in [3.63, 3.8) is 0 Å². The second-order valence-corrected chi connectivity index (χ2v) is 5.64. The minimum Gasteiger partial charge on any atom is -0.397 e. The van der Waals surface area contributed by atoms with E-state index in [1.165, 1.54) is 4.90 Å². The van der Waals surface area contributed by atoms with Crippen LogP contribution in [0.2, 0.25) is 0 Å². The van der Waals surface area contributed by atoms with E-state index in [0.717, 1.165) is 12.2 Å². The Morgan fingerprint density at radius 1 is 1.47 bits per heavy atom. The smallest absolute Gasteiger partial charge is 0.253 e. The third-order valence-electron chi connectivity index (χ3n) is 3.48. The topological polar surface area (TPSA) is 69.8 Å². The van der Waals surface area contributed by atoms with E-state index in [9.17, 15) is 9.90 Å². The average molecular weight is 263 g/mol. The summed E-state index contributed by atoms with van der Waals surface area (Å²) < 4.78 is 0. The molecule has 1 aliphatic rings. The number of carbonyl (C=O) groups is 1. The van der Waals surface area contributed by atoms with Crippen LogP contribution in [0.15, 0.2) is 18.2 Å². The molecule has 1 aromatic rings. The van der Waals surface area contributed by atoms with Gasteiger partial charge in [0.15, 0.2) is 0 Å². The van der Waals surface area contributed by atoms with E-state index in [4.69, 9.17) is 5.73 Å². The van der Waals surface area contributed by atoms with Crippen molar-refractivity contribution in [2.24, 2.45) is 0 Å². The van der Waals surface area contributed by atoms with Gasteiger partial charge < -0.3 is 20.6 Å². The molecule has 5 nitrogen and oxygen atoms in total. The fourth-order valence-corrected chi connectivity index (χ4v) is 2.36. The van der Waals surface area contributed by atoms with Gasteiger partial charge >= 0.3 is 0 Å². The first kappa shape index (κ1) is 13.7. The maximum absolute atomic E-state index is 12.0. The Bertz CT molecular complexity index is 497. The van der Waals surface area contributed by atoms with Crippen molar-refractivity contribution in [3.8, 4) is 0 Å². The van der Waals surface area contributed by atoms with Gasteiger partial charge in [-0.15, -0.1) is 0 Å². The highest BCUT2D eigenvalue weighted by molar-refractivity contribution is 5.96. The normalized spacial score (nSPS) is 22.6. The molecule has 1 aliphatic heterocycles. The molecule has 1 aromatic carbocycles. The largest absolute Gasteiger partial charge is 0.397 e. The zero-order chi connectivity index (χ0) is 14.2. The summed E-state index contributed by atoms with van der Waals surface area (Å²) in [6, 6.07) is 5.29. The van der Waals surface area contributed by atoms with E-state index >= 15 is 0 Å². The van der Waals surface area contributed by atoms with Gasteiger partial charge in [0.25, 0.3) is 5.91 Å². The van der Waals surface area contributed by atoms with Crippen LogP contribution in [0.1, 0.15) is 23.7 Å². The number of nitrogens with two attached hydrogens (primary N) is 1. The highest BCUT2D eigenvalue weighted by Gasteiger charge is 2.32. The van der Waals surface area contributed by atoms with E-state index in [-0.39, 0.29) is 5.91 Å². The maximum atomic E-state index is 12.0. The molecule has 0 aliphatic carbocycles. The van der Waals surface area contributed by atoms with Crippen LogP contribution in [0.4, 0.5) is 11.4 Å². The molecular weight excluding hydrogens is 242 g/mol. The van der Waals surface area contributed by atoms with E-state index in [0.29, 0.717) is 24.2 Å². The SMILES string of the molecule is CN(C)C(=O)c1ccc(N)c(N2CCC(C)(O)C2)c1. The number of benzene rings is 1. The molecule has 0 spiro atoms. The molecule has 104 valence electrons. The molecule has 1 saturated heterocycles. The first-order valence-electron chi connectivity index (χ1n) is 6.39. The number of hydrogen-bond donors (Lipinski definition) is 2. The van der Waals surface area contributed by atoms with Crippen LogP contribution in [-0.4, -0.2) is 48.7 Å². The predicted molar refractivity (Wildman–Crippen MR) is 76.3 cm³/mol. The molecule has 1 fully saturated rings. The third-order valence-corrected chi connectivity index (χ3v) is 3.48. The number of nitrogen functional groups attached to an aromatic ring is 1. The molecule has 1 heterocycles. The zero-order valence-corrected chi connectivity index (χ0v) is 11.7. The molecule has 19 heavy (non-hydrogen) atoms. The molecule has 0 radical (unpaired) electrons. The van der Waals surface area contributed by atoms with E-state index in [2.05, 4.69) is 0 Å². The molecule has 5 heteroatoms. The molecule has 1 unspecified atom stereocenters. The second-order valence-electron chi connectivity index (χ2n) is 5.64. The van der Waals surface area contributed by atoms with Crippen molar-refractivity contribution < 1.29 is 9.90 Å². The van der Waals surface area contributed by atoms with E-state index in [1.807, 2.05) is 11.8 Å². The van der Waals surface area contributed by atoms with Crippen molar-refractivity contribution in [2.75, 3.05) is 37.8 Å². The van der Waals surface area contributed by atoms with Crippen molar-refractivity contribution in [1.29, 1.82) is 0 Å². The Morgan fingerprint density at radius 3 is 2.68 bits per heavy atom. The monoisotopic (exact) mass is 263 g/mol. The summed E-state index contributed by atoms with van der Waals surface area (Å²) in [5, 5.41) is 10.0. The van der Waals surface area contributed by atoms with Gasteiger partial charge in [0, 0.05) is 32.7 Å². The fraction of sp³-hybridized carbons (Fsp3) is 0.500. The van der Waals surface area contributed by atoms with Crippen LogP contribution >= 0.6 is 0 Å². The molecule has 3 N–H and O–H groups in total. The van der Waals surface area contributed by atoms with Gasteiger partial charge in [0.05, 0.1) is 17.0 Å². The number of rotatable bonds is 2. The molecule has 0 aromatic heterocycles. The molecular formula is C14H21N3O2. The standard InChI is InChI=1S/C14H21N3O2/c1-14(19)6-7-17(9-14)12-8-10(4-5-11(12)15)13(18)16(2)3/h4-5,8,19H,6-7,9,15H2,1-3H3. The van der Waals surface area contributed by atoms with Crippen LogP contribution in [-0.2, 0) is 0 Å². The third kappa shape index (κ3) is 2.81. The summed E-state index contributed by atoms with van der Waals surface area (Å²) in [4.78, 5) is 15.5. The number of hydrogen-bond acceptors (Lipinski definition) is 4. The summed E-state index contributed by atoms with van der Waals surface area (Å²) in [6.45, 7) is 3.10. The van der Waals surface area contributed by atoms with Gasteiger partial charge in [0.1, 0.15) is 0 Å². The Labute approximate surface area is 113 Å². The summed E-state index contributed by atoms with van der Waals surface area (Å²) in [5.41, 5.74) is 7.37. The van der Waals surface area contributed by atoms with Gasteiger partial charge in [-0.2, -0.15) is 0 Å². The number of β-amino-alcohol motifs (C(OH)–C–C–N with tert-alkyl or cyclic N) is 1. The Kier molecular flexibility index (Phi) is 3.41. The van der Waals surface area contributed by atoms with Crippen LogP contribution in [0.5, 0.6) is 0 Å². The first-order valence-corrected chi connectivity index (χ1v) is 6.39. The fourth-order valence-electron chi connectivity index (χ4n) is 2.36. The molecule has 2 rings (SSSR count). The lowest BCUT2D eigenvalue weighted by Crippen LogP contribution is -2.30. The lowest BCUT2D eigenvalue weighted by molar-refractivity contribution is 0.0826. The van der Waals surface area contributed by atoms with Crippen LogP contribution in [0.3, 0.4) is 0 Å². The summed E-state index contributed by atoms with van der Waals surface area (Å²) in [7, 11) is 3.44. The molecule has 1 amide bonds. The number of amides is 1. The summed E-state index contributed by atoms with van der Waals surface area (Å²) in [5.74, 6) is -0.0489. The van der Waals surface area contributed by atoms with E-state index in [1.54, 1.807) is 32.3 Å². The van der Waals surface area contributed by atoms with Crippen molar-refractivity contribution in [1.82, 2.24) is 4.90 Å². The Hall–Kier alpha value is -1.75. The average Bonchev–Trinajstić information content (AvgIpc) is 2.69. The van der Waals surface area contributed by atoms with Gasteiger partial charge in [-0.25, -0.2) is 0 Å². The van der Waals surface area contributed by atoms with Gasteiger partial charge in [0.2, 0.25) is 0 Å². The number of nitrogens with zero attached hydrogens (tertiary/aromatic N) is 2. The molecule has 1 atom stereocenters.